The van der Waals surface area contributed by atoms with E-state index >= 15 is 0 Å². The molecule has 2 amide bonds. The van der Waals surface area contributed by atoms with E-state index < -0.39 is 0 Å². The van der Waals surface area contributed by atoms with Crippen LogP contribution in [0.5, 0.6) is 0 Å². The Morgan fingerprint density at radius 3 is 2.15 bits per heavy atom. The van der Waals surface area contributed by atoms with E-state index in [2.05, 4.69) is 33.0 Å². The standard InChI is InChI=1S/C27H32N4O2/c1-19-14-20(2)27(21(3)15-19)30-26(33)17-29-25(32)16-28-23-12-8-9-13-24(23)31(4)18-22-10-6-5-7-11-22/h5-15,28H,16-18H2,1-4H3,(H,29,32)(H,30,33). The molecule has 0 aliphatic carbocycles. The molecule has 0 fully saturated rings. The van der Waals surface area contributed by atoms with Gasteiger partial charge in [-0.1, -0.05) is 60.2 Å². The van der Waals surface area contributed by atoms with Crippen LogP contribution in [0.1, 0.15) is 22.3 Å². The van der Waals surface area contributed by atoms with E-state index in [4.69, 9.17) is 0 Å². The molecule has 0 radical (unpaired) electrons. The molecule has 0 saturated carbocycles. The zero-order valence-electron chi connectivity index (χ0n) is 19.7. The summed E-state index contributed by atoms with van der Waals surface area (Å²) in [7, 11) is 2.02. The molecular weight excluding hydrogens is 412 g/mol. The number of hydrogen-bond acceptors (Lipinski definition) is 4. The molecule has 0 aliphatic heterocycles. The Labute approximate surface area is 196 Å². The van der Waals surface area contributed by atoms with Crippen LogP contribution in [-0.4, -0.2) is 32.0 Å². The molecular formula is C27H32N4O2. The van der Waals surface area contributed by atoms with Gasteiger partial charge in [-0.05, 0) is 49.6 Å². The van der Waals surface area contributed by atoms with Gasteiger partial charge in [0.2, 0.25) is 11.8 Å². The zero-order valence-corrected chi connectivity index (χ0v) is 19.7. The van der Waals surface area contributed by atoms with Gasteiger partial charge in [-0.3, -0.25) is 9.59 Å². The van der Waals surface area contributed by atoms with Crippen LogP contribution in [0.2, 0.25) is 0 Å². The largest absolute Gasteiger partial charge is 0.374 e. The smallest absolute Gasteiger partial charge is 0.243 e. The fourth-order valence-corrected chi connectivity index (χ4v) is 3.88. The highest BCUT2D eigenvalue weighted by Gasteiger charge is 2.12. The van der Waals surface area contributed by atoms with Crippen molar-refractivity contribution < 1.29 is 9.59 Å². The van der Waals surface area contributed by atoms with Crippen molar-refractivity contribution in [2.45, 2.75) is 27.3 Å². The first kappa shape index (κ1) is 23.9. The van der Waals surface area contributed by atoms with Crippen LogP contribution in [0.25, 0.3) is 0 Å². The Balaban J connectivity index is 1.51. The third-order valence-corrected chi connectivity index (χ3v) is 5.40. The molecule has 0 aliphatic rings. The van der Waals surface area contributed by atoms with Crippen molar-refractivity contribution in [2.75, 3.05) is 35.7 Å². The minimum absolute atomic E-state index is 0.0755. The average molecular weight is 445 g/mol. The van der Waals surface area contributed by atoms with E-state index in [1.54, 1.807) is 0 Å². The number of nitrogens with one attached hydrogen (secondary N) is 3. The summed E-state index contributed by atoms with van der Waals surface area (Å²) in [6, 6.07) is 22.1. The first-order chi connectivity index (χ1) is 15.8. The number of rotatable bonds is 9. The number of hydrogen-bond donors (Lipinski definition) is 3. The molecule has 3 rings (SSSR count). The fourth-order valence-electron chi connectivity index (χ4n) is 3.88. The van der Waals surface area contributed by atoms with Gasteiger partial charge in [-0.15, -0.1) is 0 Å². The topological polar surface area (TPSA) is 73.5 Å². The molecule has 0 unspecified atom stereocenters. The molecule has 3 aromatic carbocycles. The molecule has 6 nitrogen and oxygen atoms in total. The Kier molecular flexibility index (Phi) is 8.08. The van der Waals surface area contributed by atoms with Crippen LogP contribution < -0.4 is 20.9 Å². The first-order valence-electron chi connectivity index (χ1n) is 11.1. The van der Waals surface area contributed by atoms with Crippen LogP contribution in [0.3, 0.4) is 0 Å². The minimum Gasteiger partial charge on any atom is -0.374 e. The summed E-state index contributed by atoms with van der Waals surface area (Å²) in [6.07, 6.45) is 0. The van der Waals surface area contributed by atoms with Crippen molar-refractivity contribution in [1.82, 2.24) is 5.32 Å². The third kappa shape index (κ3) is 6.84. The minimum atomic E-state index is -0.249. The molecule has 3 N–H and O–H groups in total. The SMILES string of the molecule is Cc1cc(C)c(NC(=O)CNC(=O)CNc2ccccc2N(C)Cc2ccccc2)c(C)c1. The monoisotopic (exact) mass is 444 g/mol. The van der Waals surface area contributed by atoms with Crippen molar-refractivity contribution in [1.29, 1.82) is 0 Å². The maximum Gasteiger partial charge on any atom is 0.243 e. The molecule has 0 bridgehead atoms. The van der Waals surface area contributed by atoms with Gasteiger partial charge in [0.25, 0.3) is 0 Å². The van der Waals surface area contributed by atoms with Crippen molar-refractivity contribution in [3.8, 4) is 0 Å². The molecule has 0 spiro atoms. The van der Waals surface area contributed by atoms with Crippen molar-refractivity contribution in [3.63, 3.8) is 0 Å². The van der Waals surface area contributed by atoms with Gasteiger partial charge in [0, 0.05) is 19.3 Å². The van der Waals surface area contributed by atoms with Gasteiger partial charge >= 0.3 is 0 Å². The van der Waals surface area contributed by atoms with E-state index in [0.717, 1.165) is 40.3 Å². The van der Waals surface area contributed by atoms with Gasteiger partial charge in [-0.25, -0.2) is 0 Å². The summed E-state index contributed by atoms with van der Waals surface area (Å²) in [5.41, 5.74) is 7.02. The number of nitrogens with zero attached hydrogens (tertiary/aromatic N) is 1. The quantitative estimate of drug-likeness (QED) is 0.457. The summed E-state index contributed by atoms with van der Waals surface area (Å²) < 4.78 is 0. The molecule has 0 saturated heterocycles. The van der Waals surface area contributed by atoms with E-state index in [1.165, 1.54) is 5.56 Å². The van der Waals surface area contributed by atoms with Gasteiger partial charge in [-0.2, -0.15) is 0 Å². The summed E-state index contributed by atoms with van der Waals surface area (Å²) in [4.78, 5) is 26.8. The van der Waals surface area contributed by atoms with Crippen LogP contribution in [-0.2, 0) is 16.1 Å². The lowest BCUT2D eigenvalue weighted by molar-refractivity contribution is -0.122. The normalized spacial score (nSPS) is 10.4. The zero-order chi connectivity index (χ0) is 23.8. The number of amides is 2. The highest BCUT2D eigenvalue weighted by atomic mass is 16.2. The highest BCUT2D eigenvalue weighted by molar-refractivity contribution is 5.96. The lowest BCUT2D eigenvalue weighted by Crippen LogP contribution is -2.36. The number of aryl methyl sites for hydroxylation is 3. The molecule has 0 atom stereocenters. The second-order valence-corrected chi connectivity index (χ2v) is 8.31. The Hall–Kier alpha value is -3.80. The van der Waals surface area contributed by atoms with Crippen LogP contribution in [0.4, 0.5) is 17.1 Å². The molecule has 6 heteroatoms. The van der Waals surface area contributed by atoms with Crippen molar-refractivity contribution in [3.05, 3.63) is 89.0 Å². The van der Waals surface area contributed by atoms with E-state index in [9.17, 15) is 9.59 Å². The van der Waals surface area contributed by atoms with Gasteiger partial charge < -0.3 is 20.9 Å². The summed E-state index contributed by atoms with van der Waals surface area (Å²) in [5.74, 6) is -0.496. The number of anilines is 3. The van der Waals surface area contributed by atoms with Crippen LogP contribution in [0, 0.1) is 20.8 Å². The molecule has 172 valence electrons. The lowest BCUT2D eigenvalue weighted by Gasteiger charge is -2.23. The number of para-hydroxylation sites is 2. The predicted molar refractivity (Wildman–Crippen MR) is 136 cm³/mol. The average Bonchev–Trinajstić information content (AvgIpc) is 2.79. The fraction of sp³-hybridized carbons (Fsp3) is 0.259. The highest BCUT2D eigenvalue weighted by Crippen LogP contribution is 2.25. The Bertz CT molecular complexity index is 1090. The summed E-state index contributed by atoms with van der Waals surface area (Å²) >= 11 is 0. The van der Waals surface area contributed by atoms with Gasteiger partial charge in [0.05, 0.1) is 24.5 Å². The number of carbonyl (C=O) groups excluding carboxylic acids is 2. The van der Waals surface area contributed by atoms with E-state index in [0.29, 0.717) is 0 Å². The maximum absolute atomic E-state index is 12.4. The number of benzene rings is 3. The molecule has 3 aromatic rings. The van der Waals surface area contributed by atoms with E-state index in [-0.39, 0.29) is 24.9 Å². The van der Waals surface area contributed by atoms with E-state index in [1.807, 2.05) is 82.4 Å². The first-order valence-corrected chi connectivity index (χ1v) is 11.1. The van der Waals surface area contributed by atoms with Gasteiger partial charge in [0.15, 0.2) is 0 Å². The summed E-state index contributed by atoms with van der Waals surface area (Å²) in [5, 5.41) is 8.78. The van der Waals surface area contributed by atoms with Crippen molar-refractivity contribution >= 4 is 28.9 Å². The Morgan fingerprint density at radius 2 is 1.45 bits per heavy atom. The third-order valence-electron chi connectivity index (χ3n) is 5.40. The Morgan fingerprint density at radius 1 is 0.818 bits per heavy atom. The molecule has 33 heavy (non-hydrogen) atoms. The van der Waals surface area contributed by atoms with Crippen LogP contribution in [0.15, 0.2) is 66.7 Å². The predicted octanol–water partition coefficient (Wildman–Crippen LogP) is 4.42. The lowest BCUT2D eigenvalue weighted by atomic mass is 10.1. The van der Waals surface area contributed by atoms with Gasteiger partial charge in [0.1, 0.15) is 0 Å². The molecule has 0 heterocycles. The molecule has 0 aromatic heterocycles. The van der Waals surface area contributed by atoms with Crippen LogP contribution >= 0.6 is 0 Å². The maximum atomic E-state index is 12.4. The summed E-state index contributed by atoms with van der Waals surface area (Å²) in [6.45, 7) is 6.70. The van der Waals surface area contributed by atoms with Crippen molar-refractivity contribution in [2.24, 2.45) is 0 Å². The number of carbonyl (C=O) groups is 2. The second-order valence-electron chi connectivity index (χ2n) is 8.31. The second kappa shape index (κ2) is 11.2.